The molecule has 0 aromatic rings. The SMILES string of the molecule is CCN1CC(C)C(OC)N(CO)C1=O. The van der Waals surface area contributed by atoms with Crippen LogP contribution >= 0.6 is 0 Å². The van der Waals surface area contributed by atoms with Crippen LogP contribution in [0.4, 0.5) is 4.79 Å². The lowest BCUT2D eigenvalue weighted by Crippen LogP contribution is -2.58. The highest BCUT2D eigenvalue weighted by Crippen LogP contribution is 2.20. The van der Waals surface area contributed by atoms with Crippen LogP contribution in [0.3, 0.4) is 0 Å². The van der Waals surface area contributed by atoms with E-state index >= 15 is 0 Å². The van der Waals surface area contributed by atoms with E-state index in [-0.39, 0.29) is 24.9 Å². The summed E-state index contributed by atoms with van der Waals surface area (Å²) in [6, 6.07) is -0.153. The number of carbonyl (C=O) groups is 1. The first kappa shape index (κ1) is 11.3. The summed E-state index contributed by atoms with van der Waals surface area (Å²) in [5, 5.41) is 9.09. The molecular weight excluding hydrogens is 184 g/mol. The van der Waals surface area contributed by atoms with E-state index in [9.17, 15) is 4.79 Å². The minimum absolute atomic E-state index is 0.153. The van der Waals surface area contributed by atoms with Crippen LogP contribution in [-0.2, 0) is 4.74 Å². The maximum atomic E-state index is 11.7. The number of carbonyl (C=O) groups excluding carboxylic acids is 1. The second-order valence-corrected chi connectivity index (χ2v) is 3.54. The van der Waals surface area contributed by atoms with Crippen LogP contribution in [0.15, 0.2) is 0 Å². The van der Waals surface area contributed by atoms with Gasteiger partial charge in [-0.25, -0.2) is 4.79 Å². The monoisotopic (exact) mass is 202 g/mol. The normalized spacial score (nSPS) is 28.4. The van der Waals surface area contributed by atoms with Crippen LogP contribution < -0.4 is 0 Å². The second-order valence-electron chi connectivity index (χ2n) is 3.54. The third-order valence-electron chi connectivity index (χ3n) is 2.59. The van der Waals surface area contributed by atoms with Gasteiger partial charge in [0, 0.05) is 26.1 Å². The first-order valence-electron chi connectivity index (χ1n) is 4.84. The average Bonchev–Trinajstić information content (AvgIpc) is 2.20. The quantitative estimate of drug-likeness (QED) is 0.716. The fourth-order valence-corrected chi connectivity index (χ4v) is 1.88. The molecule has 0 saturated carbocycles. The Morgan fingerprint density at radius 1 is 1.64 bits per heavy atom. The summed E-state index contributed by atoms with van der Waals surface area (Å²) < 4.78 is 5.19. The third-order valence-corrected chi connectivity index (χ3v) is 2.59. The summed E-state index contributed by atoms with van der Waals surface area (Å²) >= 11 is 0. The smallest absolute Gasteiger partial charge is 0.323 e. The van der Waals surface area contributed by atoms with Crippen molar-refractivity contribution in [1.82, 2.24) is 9.80 Å². The summed E-state index contributed by atoms with van der Waals surface area (Å²) in [4.78, 5) is 14.8. The first-order valence-corrected chi connectivity index (χ1v) is 4.84. The van der Waals surface area contributed by atoms with Crippen molar-refractivity contribution in [2.45, 2.75) is 20.1 Å². The predicted octanol–water partition coefficient (Wildman–Crippen LogP) is 0.302. The van der Waals surface area contributed by atoms with Gasteiger partial charge in [0.05, 0.1) is 0 Å². The Hall–Kier alpha value is -0.810. The molecule has 0 spiro atoms. The molecule has 2 unspecified atom stereocenters. The van der Waals surface area contributed by atoms with Crippen LogP contribution in [0.2, 0.25) is 0 Å². The number of hydrogen-bond acceptors (Lipinski definition) is 3. The van der Waals surface area contributed by atoms with E-state index in [4.69, 9.17) is 9.84 Å². The van der Waals surface area contributed by atoms with Crippen molar-refractivity contribution in [3.8, 4) is 0 Å². The van der Waals surface area contributed by atoms with Gasteiger partial charge < -0.3 is 14.7 Å². The number of aliphatic hydroxyl groups is 1. The fourth-order valence-electron chi connectivity index (χ4n) is 1.88. The Balaban J connectivity index is 2.79. The van der Waals surface area contributed by atoms with Gasteiger partial charge in [-0.2, -0.15) is 0 Å². The number of methoxy groups -OCH3 is 1. The van der Waals surface area contributed by atoms with E-state index in [1.54, 1.807) is 12.0 Å². The molecule has 82 valence electrons. The van der Waals surface area contributed by atoms with E-state index in [0.717, 1.165) is 0 Å². The number of aliphatic hydroxyl groups excluding tert-OH is 1. The lowest BCUT2D eigenvalue weighted by atomic mass is 10.1. The van der Waals surface area contributed by atoms with Crippen molar-refractivity contribution in [2.24, 2.45) is 5.92 Å². The van der Waals surface area contributed by atoms with E-state index in [2.05, 4.69) is 0 Å². The number of nitrogens with zero attached hydrogens (tertiary/aromatic N) is 2. The van der Waals surface area contributed by atoms with Gasteiger partial charge in [0.15, 0.2) is 0 Å². The molecule has 5 nitrogen and oxygen atoms in total. The highest BCUT2D eigenvalue weighted by atomic mass is 16.5. The summed E-state index contributed by atoms with van der Waals surface area (Å²) in [7, 11) is 1.55. The van der Waals surface area contributed by atoms with E-state index in [0.29, 0.717) is 13.1 Å². The highest BCUT2D eigenvalue weighted by Gasteiger charge is 2.36. The minimum atomic E-state index is -0.310. The Labute approximate surface area is 84.2 Å². The molecule has 2 amide bonds. The molecule has 1 aliphatic rings. The molecule has 1 saturated heterocycles. The Morgan fingerprint density at radius 3 is 2.71 bits per heavy atom. The van der Waals surface area contributed by atoms with Crippen molar-refractivity contribution in [2.75, 3.05) is 26.9 Å². The molecule has 1 fully saturated rings. The molecule has 2 atom stereocenters. The van der Waals surface area contributed by atoms with Crippen LogP contribution in [0, 0.1) is 5.92 Å². The van der Waals surface area contributed by atoms with E-state index in [1.807, 2.05) is 13.8 Å². The molecule has 0 aromatic carbocycles. The third kappa shape index (κ3) is 1.83. The summed E-state index contributed by atoms with van der Waals surface area (Å²) in [6.45, 7) is 4.98. The molecule has 0 radical (unpaired) electrons. The first-order chi connectivity index (χ1) is 6.65. The Bertz CT molecular complexity index is 210. The topological polar surface area (TPSA) is 53.0 Å². The number of rotatable bonds is 3. The summed E-state index contributed by atoms with van der Waals surface area (Å²) in [5.74, 6) is 0.213. The Morgan fingerprint density at radius 2 is 2.29 bits per heavy atom. The van der Waals surface area contributed by atoms with E-state index < -0.39 is 0 Å². The van der Waals surface area contributed by atoms with E-state index in [1.165, 1.54) is 4.90 Å². The molecule has 0 aromatic heterocycles. The number of hydrogen-bond donors (Lipinski definition) is 1. The van der Waals surface area contributed by atoms with Crippen molar-refractivity contribution in [3.63, 3.8) is 0 Å². The number of ether oxygens (including phenoxy) is 1. The molecule has 1 aliphatic heterocycles. The molecule has 0 bridgehead atoms. The molecular formula is C9H18N2O3. The molecule has 1 N–H and O–H groups in total. The van der Waals surface area contributed by atoms with Gasteiger partial charge in [-0.05, 0) is 6.92 Å². The van der Waals surface area contributed by atoms with Crippen molar-refractivity contribution >= 4 is 6.03 Å². The predicted molar refractivity (Wildman–Crippen MR) is 51.5 cm³/mol. The number of amides is 2. The van der Waals surface area contributed by atoms with Gasteiger partial charge in [0.25, 0.3) is 0 Å². The molecule has 1 rings (SSSR count). The van der Waals surface area contributed by atoms with Gasteiger partial charge in [-0.1, -0.05) is 6.92 Å². The Kier molecular flexibility index (Phi) is 3.71. The molecule has 1 heterocycles. The standard InChI is InChI=1S/C9H18N2O3/c1-4-10-5-7(2)8(14-3)11(6-12)9(10)13/h7-8,12H,4-6H2,1-3H3. The lowest BCUT2D eigenvalue weighted by Gasteiger charge is -2.42. The zero-order valence-corrected chi connectivity index (χ0v) is 8.93. The van der Waals surface area contributed by atoms with Crippen LogP contribution in [0.25, 0.3) is 0 Å². The molecule has 14 heavy (non-hydrogen) atoms. The van der Waals surface area contributed by atoms with Crippen molar-refractivity contribution in [3.05, 3.63) is 0 Å². The second kappa shape index (κ2) is 4.61. The zero-order valence-electron chi connectivity index (χ0n) is 8.93. The van der Waals surface area contributed by atoms with Crippen LogP contribution in [-0.4, -0.2) is 54.1 Å². The largest absolute Gasteiger partial charge is 0.376 e. The van der Waals surface area contributed by atoms with Gasteiger partial charge in [-0.15, -0.1) is 0 Å². The molecule has 0 aliphatic carbocycles. The van der Waals surface area contributed by atoms with Gasteiger partial charge in [0.2, 0.25) is 0 Å². The van der Waals surface area contributed by atoms with Gasteiger partial charge >= 0.3 is 6.03 Å². The zero-order chi connectivity index (χ0) is 10.7. The summed E-state index contributed by atoms with van der Waals surface area (Å²) in [5.41, 5.74) is 0. The van der Waals surface area contributed by atoms with Crippen LogP contribution in [0.5, 0.6) is 0 Å². The highest BCUT2D eigenvalue weighted by molar-refractivity contribution is 5.75. The van der Waals surface area contributed by atoms with Gasteiger partial charge in [0.1, 0.15) is 13.0 Å². The van der Waals surface area contributed by atoms with Crippen molar-refractivity contribution in [1.29, 1.82) is 0 Å². The summed E-state index contributed by atoms with van der Waals surface area (Å²) in [6.07, 6.45) is -0.310. The van der Waals surface area contributed by atoms with Crippen molar-refractivity contribution < 1.29 is 14.6 Å². The molecule has 5 heteroatoms. The minimum Gasteiger partial charge on any atom is -0.376 e. The fraction of sp³-hybridized carbons (Fsp3) is 0.889. The maximum Gasteiger partial charge on any atom is 0.323 e. The lowest BCUT2D eigenvalue weighted by molar-refractivity contribution is -0.102. The van der Waals surface area contributed by atoms with Crippen LogP contribution in [0.1, 0.15) is 13.8 Å². The maximum absolute atomic E-state index is 11.7. The van der Waals surface area contributed by atoms with Gasteiger partial charge in [-0.3, -0.25) is 4.90 Å². The average molecular weight is 202 g/mol. The number of urea groups is 1.